The number of carbonyl (C=O) groups is 3. The van der Waals surface area contributed by atoms with Crippen molar-refractivity contribution >= 4 is 29.6 Å². The summed E-state index contributed by atoms with van der Waals surface area (Å²) in [4.78, 5) is 37.8. The van der Waals surface area contributed by atoms with E-state index in [-0.39, 0.29) is 23.6 Å². The highest BCUT2D eigenvalue weighted by Gasteiger charge is 2.44. The van der Waals surface area contributed by atoms with Crippen LogP contribution in [0, 0.1) is 0 Å². The molecule has 1 amide bonds. The Hall–Kier alpha value is -2.48. The van der Waals surface area contributed by atoms with Gasteiger partial charge in [-0.2, -0.15) is 0 Å². The molecule has 1 aromatic rings. The second-order valence-electron chi connectivity index (χ2n) is 9.10. The molecule has 166 valence electrons. The Kier molecular flexibility index (Phi) is 6.91. The molecule has 9 heteroatoms. The molecule has 1 N–H and O–H groups in total. The lowest BCUT2D eigenvalue weighted by atomic mass is 10.1. The molecule has 8 nitrogen and oxygen atoms in total. The molecule has 1 aliphatic heterocycles. The van der Waals surface area contributed by atoms with E-state index in [4.69, 9.17) is 30.9 Å². The van der Waals surface area contributed by atoms with Gasteiger partial charge in [-0.3, -0.25) is 4.90 Å². The lowest BCUT2D eigenvalue weighted by Gasteiger charge is -2.29. The average molecular weight is 442 g/mol. The van der Waals surface area contributed by atoms with Crippen molar-refractivity contribution in [2.75, 3.05) is 6.54 Å². The van der Waals surface area contributed by atoms with Gasteiger partial charge < -0.3 is 19.3 Å². The average Bonchev–Trinajstić information content (AvgIpc) is 2.95. The van der Waals surface area contributed by atoms with E-state index in [1.165, 1.54) is 23.1 Å². The van der Waals surface area contributed by atoms with E-state index < -0.39 is 41.4 Å². The molecule has 0 bridgehead atoms. The lowest BCUT2D eigenvalue weighted by molar-refractivity contribution is -0.160. The van der Waals surface area contributed by atoms with Gasteiger partial charge in [0, 0.05) is 6.42 Å². The van der Waals surface area contributed by atoms with E-state index in [1.54, 1.807) is 41.5 Å². The van der Waals surface area contributed by atoms with Crippen LogP contribution in [0.2, 0.25) is 5.02 Å². The summed E-state index contributed by atoms with van der Waals surface area (Å²) in [6.07, 6.45) is -0.961. The fourth-order valence-electron chi connectivity index (χ4n) is 2.93. The fourth-order valence-corrected chi connectivity index (χ4v) is 3.18. The monoisotopic (exact) mass is 441 g/mol. The van der Waals surface area contributed by atoms with Gasteiger partial charge in [0.15, 0.2) is 0 Å². The summed E-state index contributed by atoms with van der Waals surface area (Å²) < 4.78 is 16.8. The van der Waals surface area contributed by atoms with Crippen molar-refractivity contribution in [2.45, 2.75) is 71.3 Å². The highest BCUT2D eigenvalue weighted by Crippen LogP contribution is 2.29. The molecule has 1 aliphatic rings. The molecule has 2 atom stereocenters. The number of hydrogen-bond acceptors (Lipinski definition) is 6. The molecule has 2 rings (SSSR count). The van der Waals surface area contributed by atoms with Crippen LogP contribution in [0.3, 0.4) is 0 Å². The van der Waals surface area contributed by atoms with E-state index >= 15 is 0 Å². The number of nitrogens with zero attached hydrogens (tertiary/aromatic N) is 1. The quantitative estimate of drug-likeness (QED) is 0.700. The number of halogens is 1. The van der Waals surface area contributed by atoms with E-state index in [2.05, 4.69) is 0 Å². The molecule has 1 fully saturated rings. The van der Waals surface area contributed by atoms with Gasteiger partial charge in [0.25, 0.3) is 0 Å². The number of esters is 1. The zero-order valence-electron chi connectivity index (χ0n) is 18.0. The number of benzene rings is 1. The SMILES string of the molecule is CC(C)(C)OC(=O)C1CC(Oc2ccc(C(=O)O)c(Cl)c2)CN1C(=O)OC(C)(C)C. The van der Waals surface area contributed by atoms with Crippen LogP contribution in [0.5, 0.6) is 5.75 Å². The fraction of sp³-hybridized carbons (Fsp3) is 0.571. The first-order valence-electron chi connectivity index (χ1n) is 9.58. The topological polar surface area (TPSA) is 102 Å². The van der Waals surface area contributed by atoms with Gasteiger partial charge in [-0.05, 0) is 59.7 Å². The minimum absolute atomic E-state index is 0.0330. The third kappa shape index (κ3) is 6.52. The molecule has 2 unspecified atom stereocenters. The Labute approximate surface area is 181 Å². The molecular weight excluding hydrogens is 414 g/mol. The van der Waals surface area contributed by atoms with Crippen LogP contribution in [0.25, 0.3) is 0 Å². The highest BCUT2D eigenvalue weighted by molar-refractivity contribution is 6.33. The maximum Gasteiger partial charge on any atom is 0.411 e. The van der Waals surface area contributed by atoms with Crippen LogP contribution in [0.15, 0.2) is 18.2 Å². The smallest absolute Gasteiger partial charge is 0.411 e. The van der Waals surface area contributed by atoms with Crippen molar-refractivity contribution in [1.82, 2.24) is 4.90 Å². The molecule has 1 aromatic carbocycles. The van der Waals surface area contributed by atoms with Crippen molar-refractivity contribution in [1.29, 1.82) is 0 Å². The molecule has 0 aliphatic carbocycles. The minimum Gasteiger partial charge on any atom is -0.488 e. The van der Waals surface area contributed by atoms with E-state index in [1.807, 2.05) is 0 Å². The van der Waals surface area contributed by atoms with Gasteiger partial charge in [0.05, 0.1) is 17.1 Å². The van der Waals surface area contributed by atoms with Crippen molar-refractivity contribution in [3.63, 3.8) is 0 Å². The van der Waals surface area contributed by atoms with Crippen molar-refractivity contribution in [2.24, 2.45) is 0 Å². The van der Waals surface area contributed by atoms with Crippen molar-refractivity contribution < 1.29 is 33.7 Å². The molecule has 1 saturated heterocycles. The third-order valence-corrected chi connectivity index (χ3v) is 4.36. The third-order valence-electron chi connectivity index (χ3n) is 4.04. The summed E-state index contributed by atoms with van der Waals surface area (Å²) >= 11 is 5.99. The number of rotatable bonds is 4. The maximum atomic E-state index is 12.7. The number of amides is 1. The second-order valence-corrected chi connectivity index (χ2v) is 9.51. The van der Waals surface area contributed by atoms with Crippen LogP contribution in [-0.4, -0.2) is 57.9 Å². The summed E-state index contributed by atoms with van der Waals surface area (Å²) in [5, 5.41) is 9.12. The first-order valence-corrected chi connectivity index (χ1v) is 9.96. The van der Waals surface area contributed by atoms with Crippen LogP contribution in [0.1, 0.15) is 58.3 Å². The molecule has 0 saturated carbocycles. The summed E-state index contributed by atoms with van der Waals surface area (Å²) in [7, 11) is 0. The van der Waals surface area contributed by atoms with Crippen LogP contribution in [-0.2, 0) is 14.3 Å². The normalized spacial score (nSPS) is 19.4. The zero-order chi connectivity index (χ0) is 22.9. The first-order chi connectivity index (χ1) is 13.7. The Morgan fingerprint density at radius 1 is 1.07 bits per heavy atom. The van der Waals surface area contributed by atoms with Gasteiger partial charge in [-0.15, -0.1) is 0 Å². The number of carboxylic acid groups (broad SMARTS) is 1. The predicted molar refractivity (Wildman–Crippen MR) is 110 cm³/mol. The predicted octanol–water partition coefficient (Wildman–Crippen LogP) is 4.14. The van der Waals surface area contributed by atoms with Crippen molar-refractivity contribution in [3.8, 4) is 5.75 Å². The number of hydrogen-bond donors (Lipinski definition) is 1. The van der Waals surface area contributed by atoms with Gasteiger partial charge in [-0.25, -0.2) is 14.4 Å². The van der Waals surface area contributed by atoms with Gasteiger partial charge in [-0.1, -0.05) is 11.6 Å². The Balaban J connectivity index is 2.20. The van der Waals surface area contributed by atoms with Crippen LogP contribution >= 0.6 is 11.6 Å². The van der Waals surface area contributed by atoms with Gasteiger partial charge in [0.1, 0.15) is 29.1 Å². The minimum atomic E-state index is -1.14. The Bertz CT molecular complexity index is 790. The van der Waals surface area contributed by atoms with E-state index in [0.717, 1.165) is 0 Å². The Morgan fingerprint density at radius 3 is 2.17 bits per heavy atom. The van der Waals surface area contributed by atoms with Gasteiger partial charge in [0.2, 0.25) is 0 Å². The molecule has 1 heterocycles. The Morgan fingerprint density at radius 2 is 1.67 bits per heavy atom. The summed E-state index contributed by atoms with van der Waals surface area (Å²) in [6, 6.07) is 3.35. The first kappa shape index (κ1) is 23.8. The number of aromatic carboxylic acids is 1. The van der Waals surface area contributed by atoms with E-state index in [0.29, 0.717) is 5.75 Å². The molecule has 0 radical (unpaired) electrons. The lowest BCUT2D eigenvalue weighted by Crippen LogP contribution is -2.45. The van der Waals surface area contributed by atoms with Crippen molar-refractivity contribution in [3.05, 3.63) is 28.8 Å². The highest BCUT2D eigenvalue weighted by atomic mass is 35.5. The summed E-state index contributed by atoms with van der Waals surface area (Å²) in [5.41, 5.74) is -1.48. The number of likely N-dealkylation sites (tertiary alicyclic amines) is 1. The van der Waals surface area contributed by atoms with Gasteiger partial charge >= 0.3 is 18.0 Å². The number of ether oxygens (including phenoxy) is 3. The zero-order valence-corrected chi connectivity index (χ0v) is 18.8. The number of carboxylic acids is 1. The number of carbonyl (C=O) groups excluding carboxylic acids is 2. The largest absolute Gasteiger partial charge is 0.488 e. The molecule has 0 spiro atoms. The second kappa shape index (κ2) is 8.71. The summed E-state index contributed by atoms with van der Waals surface area (Å²) in [6.45, 7) is 10.6. The molecule has 0 aromatic heterocycles. The maximum absolute atomic E-state index is 12.7. The van der Waals surface area contributed by atoms with Crippen LogP contribution in [0.4, 0.5) is 4.79 Å². The van der Waals surface area contributed by atoms with Crippen LogP contribution < -0.4 is 4.74 Å². The molecular formula is C21H28ClNO7. The standard InChI is InChI=1S/C21H28ClNO7/c1-20(2,3)29-18(26)16-10-13(11-23(16)19(27)30-21(4,5)6)28-12-7-8-14(17(24)25)15(22)9-12/h7-9,13,16H,10-11H2,1-6H3,(H,24,25). The summed E-state index contributed by atoms with van der Waals surface area (Å²) in [5.74, 6) is -1.35. The molecule has 30 heavy (non-hydrogen) atoms. The van der Waals surface area contributed by atoms with E-state index in [9.17, 15) is 14.4 Å².